The van der Waals surface area contributed by atoms with Gasteiger partial charge in [0.05, 0.1) is 11.6 Å². The van der Waals surface area contributed by atoms with Crippen molar-refractivity contribution < 1.29 is 23.5 Å². The van der Waals surface area contributed by atoms with E-state index in [1.165, 1.54) is 18.5 Å². The van der Waals surface area contributed by atoms with Crippen molar-refractivity contribution >= 4 is 23.1 Å². The summed E-state index contributed by atoms with van der Waals surface area (Å²) in [6, 6.07) is 11.9. The molecule has 0 saturated carbocycles. The number of aromatic nitrogens is 1. The number of Topliss-reactive ketones (excluding diaryl/α,β-unsaturated/α-hetero) is 1. The zero-order valence-electron chi connectivity index (χ0n) is 15.8. The Morgan fingerprint density at radius 3 is 2.27 bits per heavy atom. The topological polar surface area (TPSA) is 70.5 Å². The van der Waals surface area contributed by atoms with Gasteiger partial charge in [0.15, 0.2) is 11.6 Å². The lowest BCUT2D eigenvalue weighted by atomic mass is 9.95. The highest BCUT2D eigenvalue weighted by molar-refractivity contribution is 6.51. The Hall–Kier alpha value is -3.87. The van der Waals surface area contributed by atoms with Gasteiger partial charge in [0.2, 0.25) is 0 Å². The number of anilines is 1. The summed E-state index contributed by atoms with van der Waals surface area (Å²) in [6.07, 6.45) is 2.96. The number of aliphatic hydroxyl groups excluding tert-OH is 1. The Labute approximate surface area is 170 Å². The fraction of sp³-hybridized carbons (Fsp3) is 0.0870. The lowest BCUT2D eigenvalue weighted by Crippen LogP contribution is -2.29. The third kappa shape index (κ3) is 3.24. The molecule has 150 valence electrons. The number of benzene rings is 2. The summed E-state index contributed by atoms with van der Waals surface area (Å²) >= 11 is 0. The molecular formula is C23H16F2N2O3. The summed E-state index contributed by atoms with van der Waals surface area (Å²) in [5.41, 5.74) is 1.67. The molecule has 5 nitrogen and oxygen atoms in total. The first-order valence-electron chi connectivity index (χ1n) is 9.11. The number of carbonyl (C=O) groups is 2. The summed E-state index contributed by atoms with van der Waals surface area (Å²) in [4.78, 5) is 30.8. The van der Waals surface area contributed by atoms with E-state index >= 15 is 0 Å². The van der Waals surface area contributed by atoms with Gasteiger partial charge in [-0.3, -0.25) is 19.5 Å². The highest BCUT2D eigenvalue weighted by Crippen LogP contribution is 2.42. The minimum Gasteiger partial charge on any atom is -0.507 e. The molecule has 0 bridgehead atoms. The monoisotopic (exact) mass is 406 g/mol. The molecule has 3 aromatic rings. The van der Waals surface area contributed by atoms with E-state index in [2.05, 4.69) is 4.98 Å². The molecule has 30 heavy (non-hydrogen) atoms. The van der Waals surface area contributed by atoms with Crippen LogP contribution in [0.3, 0.4) is 0 Å². The zero-order chi connectivity index (χ0) is 21.4. The fourth-order valence-electron chi connectivity index (χ4n) is 3.46. The summed E-state index contributed by atoms with van der Waals surface area (Å²) in [5, 5.41) is 10.9. The van der Waals surface area contributed by atoms with Crippen LogP contribution in [0.4, 0.5) is 14.5 Å². The van der Waals surface area contributed by atoms with Crippen molar-refractivity contribution in [1.82, 2.24) is 4.98 Å². The van der Waals surface area contributed by atoms with Crippen LogP contribution >= 0.6 is 0 Å². The molecule has 0 aliphatic carbocycles. The maximum Gasteiger partial charge on any atom is 0.300 e. The predicted octanol–water partition coefficient (Wildman–Crippen LogP) is 4.29. The molecule has 0 spiro atoms. The number of ketones is 1. The summed E-state index contributed by atoms with van der Waals surface area (Å²) in [7, 11) is 0. The molecule has 0 radical (unpaired) electrons. The van der Waals surface area contributed by atoms with Crippen LogP contribution in [-0.2, 0) is 9.59 Å². The largest absolute Gasteiger partial charge is 0.507 e. The quantitative estimate of drug-likeness (QED) is 0.400. The predicted molar refractivity (Wildman–Crippen MR) is 107 cm³/mol. The van der Waals surface area contributed by atoms with Crippen LogP contribution in [-0.4, -0.2) is 21.8 Å². The maximum absolute atomic E-state index is 13.9. The van der Waals surface area contributed by atoms with Gasteiger partial charge in [-0.25, -0.2) is 8.78 Å². The number of pyridine rings is 1. The summed E-state index contributed by atoms with van der Waals surface area (Å²) < 4.78 is 27.3. The van der Waals surface area contributed by atoms with E-state index in [1.807, 2.05) is 6.92 Å². The fourth-order valence-corrected chi connectivity index (χ4v) is 3.46. The molecule has 2 heterocycles. The number of aliphatic hydroxyl groups is 1. The van der Waals surface area contributed by atoms with E-state index in [9.17, 15) is 23.5 Å². The first-order valence-corrected chi connectivity index (χ1v) is 9.11. The van der Waals surface area contributed by atoms with E-state index in [1.54, 1.807) is 36.4 Å². The molecule has 1 fully saturated rings. The lowest BCUT2D eigenvalue weighted by molar-refractivity contribution is -0.132. The normalized spacial score (nSPS) is 18.1. The van der Waals surface area contributed by atoms with E-state index in [4.69, 9.17) is 0 Å². The SMILES string of the molecule is Cc1ccc(/C(O)=C2\C(=O)C(=O)N(c3ccc(F)c(F)c3)C2c2ccncc2)cc1. The van der Waals surface area contributed by atoms with Crippen LogP contribution in [0.25, 0.3) is 5.76 Å². The Morgan fingerprint density at radius 1 is 0.967 bits per heavy atom. The Morgan fingerprint density at radius 2 is 1.63 bits per heavy atom. The van der Waals surface area contributed by atoms with Crippen LogP contribution in [0.15, 0.2) is 72.6 Å². The van der Waals surface area contributed by atoms with Gasteiger partial charge < -0.3 is 5.11 Å². The van der Waals surface area contributed by atoms with Crippen molar-refractivity contribution in [2.45, 2.75) is 13.0 Å². The average molecular weight is 406 g/mol. The number of halogens is 2. The molecule has 1 unspecified atom stereocenters. The van der Waals surface area contributed by atoms with Crippen LogP contribution in [0.1, 0.15) is 22.7 Å². The minimum absolute atomic E-state index is 0.000711. The van der Waals surface area contributed by atoms with E-state index in [0.29, 0.717) is 11.1 Å². The van der Waals surface area contributed by atoms with Gasteiger partial charge in [0.25, 0.3) is 11.7 Å². The highest BCUT2D eigenvalue weighted by Gasteiger charge is 2.47. The Kier molecular flexibility index (Phi) is 4.87. The number of aryl methyl sites for hydroxylation is 1. The van der Waals surface area contributed by atoms with E-state index in [-0.39, 0.29) is 17.0 Å². The van der Waals surface area contributed by atoms with Gasteiger partial charge in [0, 0.05) is 29.7 Å². The Balaban J connectivity index is 1.94. The van der Waals surface area contributed by atoms with Crippen molar-refractivity contribution in [1.29, 1.82) is 0 Å². The molecule has 1 saturated heterocycles. The molecule has 1 aliphatic rings. The zero-order valence-corrected chi connectivity index (χ0v) is 15.8. The van der Waals surface area contributed by atoms with Gasteiger partial charge in [0.1, 0.15) is 5.76 Å². The van der Waals surface area contributed by atoms with Crippen LogP contribution in [0.2, 0.25) is 0 Å². The second kappa shape index (κ2) is 7.51. The number of carbonyl (C=O) groups excluding carboxylic acids is 2. The van der Waals surface area contributed by atoms with Gasteiger partial charge in [-0.15, -0.1) is 0 Å². The number of amides is 1. The van der Waals surface area contributed by atoms with E-state index in [0.717, 1.165) is 22.6 Å². The first-order chi connectivity index (χ1) is 14.4. The molecule has 1 N–H and O–H groups in total. The number of nitrogens with zero attached hydrogens (tertiary/aromatic N) is 2. The van der Waals surface area contributed by atoms with Crippen molar-refractivity contribution in [3.63, 3.8) is 0 Å². The molecule has 1 atom stereocenters. The molecule has 7 heteroatoms. The lowest BCUT2D eigenvalue weighted by Gasteiger charge is -2.25. The second-order valence-corrected chi connectivity index (χ2v) is 6.91. The molecule has 1 amide bonds. The smallest absolute Gasteiger partial charge is 0.300 e. The average Bonchev–Trinajstić information content (AvgIpc) is 3.01. The van der Waals surface area contributed by atoms with Crippen LogP contribution < -0.4 is 4.90 Å². The van der Waals surface area contributed by atoms with Crippen LogP contribution in [0, 0.1) is 18.6 Å². The highest BCUT2D eigenvalue weighted by atomic mass is 19.2. The summed E-state index contributed by atoms with van der Waals surface area (Å²) in [5.74, 6) is -4.44. The van der Waals surface area contributed by atoms with Crippen molar-refractivity contribution in [2.75, 3.05) is 4.90 Å². The summed E-state index contributed by atoms with van der Waals surface area (Å²) in [6.45, 7) is 1.88. The van der Waals surface area contributed by atoms with Crippen molar-refractivity contribution in [3.8, 4) is 0 Å². The molecular weight excluding hydrogens is 390 g/mol. The van der Waals surface area contributed by atoms with Crippen molar-refractivity contribution in [2.24, 2.45) is 0 Å². The van der Waals surface area contributed by atoms with E-state index < -0.39 is 29.4 Å². The second-order valence-electron chi connectivity index (χ2n) is 6.91. The number of hydrogen-bond acceptors (Lipinski definition) is 4. The van der Waals surface area contributed by atoms with Gasteiger partial charge in [-0.1, -0.05) is 29.8 Å². The van der Waals surface area contributed by atoms with Gasteiger partial charge in [-0.05, 0) is 36.8 Å². The van der Waals surface area contributed by atoms with Crippen molar-refractivity contribution in [3.05, 3.63) is 101 Å². The number of hydrogen-bond donors (Lipinski definition) is 1. The molecule has 4 rings (SSSR count). The molecule has 1 aliphatic heterocycles. The molecule has 1 aromatic heterocycles. The Bertz CT molecular complexity index is 1170. The molecule has 2 aromatic carbocycles. The minimum atomic E-state index is -1.15. The van der Waals surface area contributed by atoms with Gasteiger partial charge >= 0.3 is 0 Å². The standard InChI is InChI=1S/C23H16F2N2O3/c1-13-2-4-15(5-3-13)21(28)19-20(14-8-10-26-11-9-14)27(23(30)22(19)29)16-6-7-17(24)18(25)12-16/h2-12,20,28H,1H3/b21-19+. The third-order valence-electron chi connectivity index (χ3n) is 4.97. The third-order valence-corrected chi connectivity index (χ3v) is 4.97. The maximum atomic E-state index is 13.9. The number of rotatable bonds is 3. The first kappa shape index (κ1) is 19.4. The van der Waals surface area contributed by atoms with Gasteiger partial charge in [-0.2, -0.15) is 0 Å². The van der Waals surface area contributed by atoms with Crippen LogP contribution in [0.5, 0.6) is 0 Å².